The van der Waals surface area contributed by atoms with Crippen molar-refractivity contribution in [2.24, 2.45) is 5.92 Å². The van der Waals surface area contributed by atoms with Gasteiger partial charge in [-0.25, -0.2) is 0 Å². The Kier molecular flexibility index (Phi) is 8.39. The summed E-state index contributed by atoms with van der Waals surface area (Å²) in [5, 5.41) is 15.5. The Morgan fingerprint density at radius 3 is 2.64 bits per heavy atom. The summed E-state index contributed by atoms with van der Waals surface area (Å²) in [5.41, 5.74) is 0. The van der Waals surface area contributed by atoms with Gasteiger partial charge in [-0.2, -0.15) is 0 Å². The van der Waals surface area contributed by atoms with Gasteiger partial charge in [0.15, 0.2) is 10.9 Å². The molecule has 1 amide bonds. The number of nitrogens with one attached hydrogen (secondary N) is 2. The number of anilines is 1. The number of carbonyl (C=O) groups excluding carboxylic acids is 2. The van der Waals surface area contributed by atoms with Gasteiger partial charge in [-0.3, -0.25) is 9.59 Å². The van der Waals surface area contributed by atoms with Crippen LogP contribution < -0.4 is 10.6 Å². The third-order valence-electron chi connectivity index (χ3n) is 5.47. The predicted molar refractivity (Wildman–Crippen MR) is 112 cm³/mol. The summed E-state index contributed by atoms with van der Waals surface area (Å²) < 4.78 is 5.83. The highest BCUT2D eigenvalue weighted by atomic mass is 32.2. The molecule has 0 aliphatic heterocycles. The minimum absolute atomic E-state index is 0.130. The van der Waals surface area contributed by atoms with Crippen LogP contribution in [0, 0.1) is 5.92 Å². The molecule has 2 fully saturated rings. The number of thioether (sulfide) groups is 1. The maximum atomic E-state index is 12.0. The van der Waals surface area contributed by atoms with Gasteiger partial charge < -0.3 is 15.4 Å². The molecule has 1 aromatic rings. The first-order valence-corrected chi connectivity index (χ1v) is 12.1. The molecule has 28 heavy (non-hydrogen) atoms. The van der Waals surface area contributed by atoms with Crippen molar-refractivity contribution < 1.29 is 14.3 Å². The van der Waals surface area contributed by atoms with E-state index in [0.29, 0.717) is 12.0 Å². The molecule has 0 unspecified atom stereocenters. The summed E-state index contributed by atoms with van der Waals surface area (Å²) >= 11 is 2.76. The lowest BCUT2D eigenvalue weighted by atomic mass is 9.86. The van der Waals surface area contributed by atoms with E-state index < -0.39 is 5.97 Å². The molecule has 2 saturated carbocycles. The fraction of sp³-hybridized carbons (Fsp3) is 0.789. The Labute approximate surface area is 174 Å². The number of carbonyl (C=O) groups is 2. The monoisotopic (exact) mass is 426 g/mol. The summed E-state index contributed by atoms with van der Waals surface area (Å²) in [5.74, 6) is -0.0101. The van der Waals surface area contributed by atoms with E-state index in [1.165, 1.54) is 61.6 Å². The summed E-state index contributed by atoms with van der Waals surface area (Å²) in [6, 6.07) is 0.681. The Morgan fingerprint density at radius 1 is 1.11 bits per heavy atom. The fourth-order valence-corrected chi connectivity index (χ4v) is 5.46. The SMILES string of the molecule is C[C@H]1CCCC[C@@H]1NC(=O)COC(=O)CSc1nnc(NC2CCCCC2)s1. The number of rotatable bonds is 8. The minimum Gasteiger partial charge on any atom is -0.455 e. The van der Waals surface area contributed by atoms with Crippen LogP contribution in [0.25, 0.3) is 0 Å². The molecule has 0 radical (unpaired) electrons. The Morgan fingerprint density at radius 2 is 1.86 bits per heavy atom. The third-order valence-corrected chi connectivity index (χ3v) is 7.44. The van der Waals surface area contributed by atoms with Crippen LogP contribution in [0.1, 0.15) is 64.7 Å². The van der Waals surface area contributed by atoms with Crippen molar-refractivity contribution in [2.75, 3.05) is 17.7 Å². The molecule has 0 saturated heterocycles. The van der Waals surface area contributed by atoms with E-state index in [1.807, 2.05) is 0 Å². The molecule has 2 atom stereocenters. The van der Waals surface area contributed by atoms with Crippen LogP contribution in [-0.2, 0) is 14.3 Å². The van der Waals surface area contributed by atoms with E-state index in [9.17, 15) is 9.59 Å². The normalized spacial score (nSPS) is 23.2. The quantitative estimate of drug-likeness (QED) is 0.484. The third kappa shape index (κ3) is 6.92. The van der Waals surface area contributed by atoms with E-state index >= 15 is 0 Å². The second-order valence-corrected chi connectivity index (χ2v) is 9.94. The lowest BCUT2D eigenvalue weighted by Gasteiger charge is -2.29. The Hall–Kier alpha value is -1.35. The molecule has 9 heteroatoms. The molecule has 2 aliphatic carbocycles. The van der Waals surface area contributed by atoms with E-state index in [0.717, 1.165) is 28.7 Å². The first-order valence-electron chi connectivity index (χ1n) is 10.3. The molecule has 0 bridgehead atoms. The average molecular weight is 427 g/mol. The van der Waals surface area contributed by atoms with Gasteiger partial charge in [-0.15, -0.1) is 10.2 Å². The van der Waals surface area contributed by atoms with Gasteiger partial charge in [0.1, 0.15) is 0 Å². The van der Waals surface area contributed by atoms with Gasteiger partial charge in [0, 0.05) is 12.1 Å². The number of nitrogens with zero attached hydrogens (tertiary/aromatic N) is 2. The number of hydrogen-bond donors (Lipinski definition) is 2. The molecule has 2 N–H and O–H groups in total. The molecule has 0 aromatic carbocycles. The number of hydrogen-bond acceptors (Lipinski definition) is 8. The molecule has 2 aliphatic rings. The standard InChI is InChI=1S/C19H30N4O3S2/c1-13-7-5-6-10-15(13)21-16(24)11-26-17(25)12-27-19-23-22-18(28-19)20-14-8-3-2-4-9-14/h13-15H,2-12H2,1H3,(H,20,22)(H,21,24)/t13-,15-/m0/s1. The Balaban J connectivity index is 1.32. The molecule has 3 rings (SSSR count). The van der Waals surface area contributed by atoms with Crippen LogP contribution in [0.15, 0.2) is 4.34 Å². The molecule has 7 nitrogen and oxygen atoms in total. The minimum atomic E-state index is -0.408. The topological polar surface area (TPSA) is 93.2 Å². The largest absolute Gasteiger partial charge is 0.455 e. The van der Waals surface area contributed by atoms with Gasteiger partial charge >= 0.3 is 5.97 Å². The van der Waals surface area contributed by atoms with Crippen LogP contribution in [0.2, 0.25) is 0 Å². The molecular weight excluding hydrogens is 396 g/mol. The lowest BCUT2D eigenvalue weighted by molar-refractivity contribution is -0.146. The van der Waals surface area contributed by atoms with Gasteiger partial charge in [-0.05, 0) is 31.6 Å². The molecular formula is C19H30N4O3S2. The van der Waals surface area contributed by atoms with Crippen molar-refractivity contribution in [3.05, 3.63) is 0 Å². The zero-order valence-corrected chi connectivity index (χ0v) is 18.1. The molecule has 1 heterocycles. The van der Waals surface area contributed by atoms with E-state index in [-0.39, 0.29) is 24.3 Å². The van der Waals surface area contributed by atoms with Crippen LogP contribution in [-0.4, -0.2) is 46.5 Å². The number of esters is 1. The smallest absolute Gasteiger partial charge is 0.316 e. The van der Waals surface area contributed by atoms with Crippen LogP contribution in [0.4, 0.5) is 5.13 Å². The van der Waals surface area contributed by atoms with Crippen molar-refractivity contribution in [1.82, 2.24) is 15.5 Å². The number of amides is 1. The van der Waals surface area contributed by atoms with Gasteiger partial charge in [0.25, 0.3) is 5.91 Å². The number of aromatic nitrogens is 2. The molecule has 1 aromatic heterocycles. The van der Waals surface area contributed by atoms with Crippen molar-refractivity contribution in [3.63, 3.8) is 0 Å². The highest BCUT2D eigenvalue weighted by Gasteiger charge is 2.23. The summed E-state index contributed by atoms with van der Waals surface area (Å²) in [6.07, 6.45) is 10.7. The average Bonchev–Trinajstić information content (AvgIpc) is 3.15. The summed E-state index contributed by atoms with van der Waals surface area (Å²) in [4.78, 5) is 23.9. The van der Waals surface area contributed by atoms with Gasteiger partial charge in [0.2, 0.25) is 5.13 Å². The zero-order chi connectivity index (χ0) is 19.8. The van der Waals surface area contributed by atoms with E-state index in [4.69, 9.17) is 4.74 Å². The first kappa shape index (κ1) is 21.4. The molecule has 156 valence electrons. The molecule has 0 spiro atoms. The highest BCUT2D eigenvalue weighted by Crippen LogP contribution is 2.28. The Bertz CT molecular complexity index is 649. The first-order chi connectivity index (χ1) is 13.6. The maximum absolute atomic E-state index is 12.0. The second-order valence-electron chi connectivity index (χ2n) is 7.74. The second kappa shape index (κ2) is 11.0. The highest BCUT2D eigenvalue weighted by molar-refractivity contribution is 8.01. The zero-order valence-electron chi connectivity index (χ0n) is 16.4. The van der Waals surface area contributed by atoms with Crippen LogP contribution >= 0.6 is 23.1 Å². The van der Waals surface area contributed by atoms with Crippen LogP contribution in [0.3, 0.4) is 0 Å². The van der Waals surface area contributed by atoms with Crippen molar-refractivity contribution in [1.29, 1.82) is 0 Å². The van der Waals surface area contributed by atoms with E-state index in [1.54, 1.807) is 0 Å². The van der Waals surface area contributed by atoms with Crippen molar-refractivity contribution in [2.45, 2.75) is 81.1 Å². The summed E-state index contributed by atoms with van der Waals surface area (Å²) in [7, 11) is 0. The predicted octanol–water partition coefficient (Wildman–Crippen LogP) is 3.61. The maximum Gasteiger partial charge on any atom is 0.316 e. The van der Waals surface area contributed by atoms with E-state index in [2.05, 4.69) is 27.8 Å². The number of ether oxygens (including phenoxy) is 1. The van der Waals surface area contributed by atoms with Gasteiger partial charge in [0.05, 0.1) is 5.75 Å². The van der Waals surface area contributed by atoms with Crippen molar-refractivity contribution in [3.8, 4) is 0 Å². The van der Waals surface area contributed by atoms with Gasteiger partial charge in [-0.1, -0.05) is 62.1 Å². The summed E-state index contributed by atoms with van der Waals surface area (Å²) in [6.45, 7) is 1.94. The fourth-order valence-electron chi connectivity index (χ4n) is 3.84. The van der Waals surface area contributed by atoms with Crippen LogP contribution in [0.5, 0.6) is 0 Å². The lowest BCUT2D eigenvalue weighted by Crippen LogP contribution is -2.43. The van der Waals surface area contributed by atoms with Crippen molar-refractivity contribution >= 4 is 40.1 Å².